The minimum absolute atomic E-state index is 0.00775. The van der Waals surface area contributed by atoms with E-state index in [1.807, 2.05) is 42.7 Å². The summed E-state index contributed by atoms with van der Waals surface area (Å²) in [5.41, 5.74) is 4.32. The van der Waals surface area contributed by atoms with E-state index in [2.05, 4.69) is 82.6 Å². The van der Waals surface area contributed by atoms with Gasteiger partial charge in [0, 0.05) is 24.5 Å². The monoisotopic (exact) mass is 524 g/mol. The Bertz CT molecular complexity index is 1490. The summed E-state index contributed by atoms with van der Waals surface area (Å²) in [7, 11) is 0. The van der Waals surface area contributed by atoms with Crippen molar-refractivity contribution in [2.75, 3.05) is 9.80 Å². The molecule has 3 aliphatic rings. The number of nitrogens with zero attached hydrogens (tertiary/aromatic N) is 4. The number of hydrogen-bond acceptors (Lipinski definition) is 6. The summed E-state index contributed by atoms with van der Waals surface area (Å²) in [6.07, 6.45) is 6.83. The van der Waals surface area contributed by atoms with Crippen LogP contribution in [0.15, 0.2) is 116 Å². The zero-order valence-electron chi connectivity index (χ0n) is 21.9. The highest BCUT2D eigenvalue weighted by Gasteiger charge is 2.46. The molecule has 0 radical (unpaired) electrons. The third-order valence-corrected chi connectivity index (χ3v) is 8.32. The molecule has 0 saturated heterocycles. The summed E-state index contributed by atoms with van der Waals surface area (Å²) in [6, 6.07) is 35.5. The SMILES string of the molecule is c1cnc(C2C(N3c4ccccc4Oc4ccccc43)CCCC2N2c3ccccc3Oc3ccccc32)nc1. The molecule has 6 nitrogen and oxygen atoms in total. The van der Waals surface area contributed by atoms with E-state index >= 15 is 0 Å². The second kappa shape index (κ2) is 9.42. The average Bonchev–Trinajstić information content (AvgIpc) is 3.02. The van der Waals surface area contributed by atoms with Crippen LogP contribution in [0.25, 0.3) is 0 Å². The first-order valence-corrected chi connectivity index (χ1v) is 13.9. The van der Waals surface area contributed by atoms with E-state index in [-0.39, 0.29) is 18.0 Å². The third kappa shape index (κ3) is 3.63. The minimum atomic E-state index is 0.00775. The molecule has 40 heavy (non-hydrogen) atoms. The number of hydrogen-bond donors (Lipinski definition) is 0. The molecule has 1 saturated carbocycles. The van der Waals surface area contributed by atoms with Crippen LogP contribution >= 0.6 is 0 Å². The molecule has 8 rings (SSSR count). The lowest BCUT2D eigenvalue weighted by Crippen LogP contribution is -2.51. The van der Waals surface area contributed by atoms with Crippen LogP contribution in [0.5, 0.6) is 23.0 Å². The summed E-state index contributed by atoms with van der Waals surface area (Å²) in [6.45, 7) is 0. The molecule has 1 fully saturated rings. The molecule has 0 spiro atoms. The van der Waals surface area contributed by atoms with Crippen molar-refractivity contribution >= 4 is 22.7 Å². The molecule has 196 valence electrons. The first kappa shape index (κ1) is 23.1. The van der Waals surface area contributed by atoms with Crippen LogP contribution in [0.2, 0.25) is 0 Å². The van der Waals surface area contributed by atoms with Crippen LogP contribution in [-0.2, 0) is 0 Å². The first-order valence-electron chi connectivity index (χ1n) is 13.9. The molecule has 2 atom stereocenters. The van der Waals surface area contributed by atoms with Crippen molar-refractivity contribution in [1.82, 2.24) is 9.97 Å². The summed E-state index contributed by atoms with van der Waals surface area (Å²) in [5.74, 6) is 4.36. The van der Waals surface area contributed by atoms with Crippen LogP contribution in [0, 0.1) is 0 Å². The van der Waals surface area contributed by atoms with Crippen LogP contribution < -0.4 is 19.3 Å². The predicted molar refractivity (Wildman–Crippen MR) is 156 cm³/mol. The molecular weight excluding hydrogens is 496 g/mol. The largest absolute Gasteiger partial charge is 0.453 e. The Morgan fingerprint density at radius 3 is 1.27 bits per heavy atom. The Labute approximate surface area is 233 Å². The molecule has 1 aromatic heterocycles. The van der Waals surface area contributed by atoms with E-state index in [1.54, 1.807) is 0 Å². The second-order valence-corrected chi connectivity index (χ2v) is 10.5. The maximum absolute atomic E-state index is 6.38. The summed E-state index contributed by atoms with van der Waals surface area (Å²) in [4.78, 5) is 14.8. The van der Waals surface area contributed by atoms with Crippen molar-refractivity contribution in [2.45, 2.75) is 37.3 Å². The van der Waals surface area contributed by atoms with Crippen LogP contribution in [0.4, 0.5) is 22.7 Å². The molecule has 0 bridgehead atoms. The van der Waals surface area contributed by atoms with Gasteiger partial charge in [-0.05, 0) is 73.9 Å². The van der Waals surface area contributed by atoms with Gasteiger partial charge in [-0.15, -0.1) is 0 Å². The smallest absolute Gasteiger partial charge is 0.151 e. The number of benzene rings is 4. The number of ether oxygens (including phenoxy) is 2. The topological polar surface area (TPSA) is 50.7 Å². The van der Waals surface area contributed by atoms with Gasteiger partial charge in [-0.3, -0.25) is 0 Å². The predicted octanol–water partition coefficient (Wildman–Crippen LogP) is 8.37. The summed E-state index contributed by atoms with van der Waals surface area (Å²) in [5, 5.41) is 0. The highest BCUT2D eigenvalue weighted by atomic mass is 16.5. The third-order valence-electron chi connectivity index (χ3n) is 8.32. The maximum atomic E-state index is 6.38. The van der Waals surface area contributed by atoms with Gasteiger partial charge in [0.15, 0.2) is 23.0 Å². The van der Waals surface area contributed by atoms with Crippen LogP contribution in [0.3, 0.4) is 0 Å². The van der Waals surface area contributed by atoms with E-state index in [4.69, 9.17) is 19.4 Å². The van der Waals surface area contributed by atoms with Crippen LogP contribution in [-0.4, -0.2) is 22.1 Å². The Morgan fingerprint density at radius 1 is 0.500 bits per heavy atom. The van der Waals surface area contributed by atoms with Gasteiger partial charge in [0.1, 0.15) is 5.82 Å². The Balaban J connectivity index is 1.33. The molecule has 5 aromatic rings. The van der Waals surface area contributed by atoms with Crippen molar-refractivity contribution < 1.29 is 9.47 Å². The number of aromatic nitrogens is 2. The lowest BCUT2D eigenvalue weighted by Gasteiger charge is -2.50. The minimum Gasteiger partial charge on any atom is -0.453 e. The van der Waals surface area contributed by atoms with Gasteiger partial charge in [0.05, 0.1) is 28.7 Å². The van der Waals surface area contributed by atoms with Gasteiger partial charge in [-0.1, -0.05) is 48.5 Å². The number of fused-ring (bicyclic) bond motifs is 4. The van der Waals surface area contributed by atoms with Crippen molar-refractivity contribution in [2.24, 2.45) is 0 Å². The van der Waals surface area contributed by atoms with Gasteiger partial charge >= 0.3 is 0 Å². The van der Waals surface area contributed by atoms with Crippen molar-refractivity contribution in [3.63, 3.8) is 0 Å². The molecule has 3 heterocycles. The molecular formula is C34H28N4O2. The molecule has 0 N–H and O–H groups in total. The van der Waals surface area contributed by atoms with Crippen molar-refractivity contribution in [3.05, 3.63) is 121 Å². The average molecular weight is 525 g/mol. The van der Waals surface area contributed by atoms with Crippen molar-refractivity contribution in [1.29, 1.82) is 0 Å². The van der Waals surface area contributed by atoms with Gasteiger partial charge < -0.3 is 19.3 Å². The fraction of sp³-hybridized carbons (Fsp3) is 0.176. The lowest BCUT2D eigenvalue weighted by molar-refractivity contribution is 0.314. The fourth-order valence-corrected chi connectivity index (χ4v) is 6.74. The zero-order valence-corrected chi connectivity index (χ0v) is 21.9. The van der Waals surface area contributed by atoms with Crippen molar-refractivity contribution in [3.8, 4) is 23.0 Å². The summed E-state index contributed by atoms with van der Waals surface area (Å²) < 4.78 is 12.8. The molecule has 6 heteroatoms. The van der Waals surface area contributed by atoms with E-state index in [1.165, 1.54) is 0 Å². The molecule has 2 aliphatic heterocycles. The Morgan fingerprint density at radius 2 is 0.875 bits per heavy atom. The molecule has 4 aromatic carbocycles. The number of para-hydroxylation sites is 8. The van der Waals surface area contributed by atoms with Gasteiger partial charge in [0.2, 0.25) is 0 Å². The van der Waals surface area contributed by atoms with E-state index in [0.717, 1.165) is 70.8 Å². The number of rotatable bonds is 3. The fourth-order valence-electron chi connectivity index (χ4n) is 6.74. The maximum Gasteiger partial charge on any atom is 0.151 e. The second-order valence-electron chi connectivity index (χ2n) is 10.5. The number of anilines is 4. The lowest BCUT2D eigenvalue weighted by atomic mass is 9.76. The van der Waals surface area contributed by atoms with E-state index in [0.29, 0.717) is 0 Å². The standard InChI is InChI=1S/C34H28N4O2/c1-5-17-29-23(11-1)37(24-12-2-6-18-30(24)39-29)27-15-9-16-28(33(27)34-35-21-10-22-36-34)38-25-13-3-7-19-31(25)40-32-20-8-4-14-26(32)38/h1-8,10-14,17-22,27-28,33H,9,15-16H2. The van der Waals surface area contributed by atoms with E-state index < -0.39 is 0 Å². The highest BCUT2D eigenvalue weighted by molar-refractivity contribution is 5.81. The molecule has 1 aliphatic carbocycles. The van der Waals surface area contributed by atoms with Gasteiger partial charge in [-0.25, -0.2) is 9.97 Å². The van der Waals surface area contributed by atoms with Gasteiger partial charge in [0.25, 0.3) is 0 Å². The zero-order chi connectivity index (χ0) is 26.5. The molecule has 2 unspecified atom stereocenters. The summed E-state index contributed by atoms with van der Waals surface area (Å²) >= 11 is 0. The first-order chi connectivity index (χ1) is 19.9. The quantitative estimate of drug-likeness (QED) is 0.236. The Kier molecular flexibility index (Phi) is 5.43. The normalized spacial score (nSPS) is 20.8. The van der Waals surface area contributed by atoms with Crippen LogP contribution in [0.1, 0.15) is 31.0 Å². The Hall–Kier alpha value is -4.84. The van der Waals surface area contributed by atoms with Gasteiger partial charge in [-0.2, -0.15) is 0 Å². The highest BCUT2D eigenvalue weighted by Crippen LogP contribution is 2.55. The van der Waals surface area contributed by atoms with E-state index in [9.17, 15) is 0 Å². The molecule has 0 amide bonds.